The number of benzene rings is 2. The minimum Gasteiger partial charge on any atom is -0.344 e. The van der Waals surface area contributed by atoms with Crippen LogP contribution in [0.15, 0.2) is 54.6 Å². The number of aryl methyl sites for hydroxylation is 1. The van der Waals surface area contributed by atoms with E-state index in [2.05, 4.69) is 5.32 Å². The van der Waals surface area contributed by atoms with Crippen molar-refractivity contribution in [1.82, 2.24) is 10.2 Å². The molecule has 1 unspecified atom stereocenters. The molecule has 2 heterocycles. The van der Waals surface area contributed by atoms with Gasteiger partial charge in [-0.25, -0.2) is 0 Å². The second kappa shape index (κ2) is 9.93. The van der Waals surface area contributed by atoms with Gasteiger partial charge in [0.05, 0.1) is 10.8 Å². The van der Waals surface area contributed by atoms with Gasteiger partial charge in [-0.15, -0.1) is 0 Å². The van der Waals surface area contributed by atoms with E-state index in [-0.39, 0.29) is 23.8 Å². The van der Waals surface area contributed by atoms with Crippen molar-refractivity contribution in [2.75, 3.05) is 24.5 Å². The van der Waals surface area contributed by atoms with E-state index in [9.17, 15) is 14.4 Å². The third-order valence-corrected chi connectivity index (χ3v) is 8.63. The van der Waals surface area contributed by atoms with Crippen LogP contribution in [-0.4, -0.2) is 54.3 Å². The van der Waals surface area contributed by atoms with Crippen LogP contribution >= 0.6 is 0 Å². The highest BCUT2D eigenvalue weighted by Gasteiger charge is 2.50. The number of piperidine rings is 1. The number of likely N-dealkylation sites (tertiary alicyclic amines) is 1. The van der Waals surface area contributed by atoms with E-state index in [1.165, 1.54) is 0 Å². The first-order valence-electron chi connectivity index (χ1n) is 13.5. The van der Waals surface area contributed by atoms with Crippen LogP contribution in [-0.2, 0) is 26.2 Å². The molecule has 1 atom stereocenters. The van der Waals surface area contributed by atoms with Crippen LogP contribution in [0.5, 0.6) is 0 Å². The number of amides is 3. The van der Waals surface area contributed by atoms with Gasteiger partial charge < -0.3 is 20.9 Å². The highest BCUT2D eigenvalue weighted by molar-refractivity contribution is 6.08. The fraction of sp³-hybridized carbons (Fsp3) is 0.500. The third kappa shape index (κ3) is 4.77. The molecule has 0 spiro atoms. The fourth-order valence-corrected chi connectivity index (χ4v) is 5.86. The molecule has 7 heteroatoms. The van der Waals surface area contributed by atoms with Crippen molar-refractivity contribution < 1.29 is 14.4 Å². The lowest BCUT2D eigenvalue weighted by Gasteiger charge is -2.39. The van der Waals surface area contributed by atoms with Crippen LogP contribution in [0.2, 0.25) is 0 Å². The summed E-state index contributed by atoms with van der Waals surface area (Å²) >= 11 is 0. The summed E-state index contributed by atoms with van der Waals surface area (Å²) in [7, 11) is 0. The molecule has 3 amide bonds. The zero-order valence-corrected chi connectivity index (χ0v) is 21.9. The molecule has 37 heavy (non-hydrogen) atoms. The van der Waals surface area contributed by atoms with Gasteiger partial charge in [0.25, 0.3) is 0 Å². The van der Waals surface area contributed by atoms with Crippen LogP contribution in [0.25, 0.3) is 0 Å². The van der Waals surface area contributed by atoms with E-state index in [0.717, 1.165) is 29.7 Å². The summed E-state index contributed by atoms with van der Waals surface area (Å²) in [5, 5.41) is 3.06. The molecule has 1 saturated heterocycles. The number of nitrogens with two attached hydrogens (primary N) is 1. The van der Waals surface area contributed by atoms with Crippen molar-refractivity contribution in [3.05, 3.63) is 65.7 Å². The van der Waals surface area contributed by atoms with E-state index in [0.29, 0.717) is 45.3 Å². The maximum atomic E-state index is 13.7. The largest absolute Gasteiger partial charge is 0.344 e. The van der Waals surface area contributed by atoms with Crippen LogP contribution in [0.4, 0.5) is 5.69 Å². The molecule has 0 radical (unpaired) electrons. The molecule has 1 saturated carbocycles. The van der Waals surface area contributed by atoms with E-state index < -0.39 is 16.9 Å². The highest BCUT2D eigenvalue weighted by Crippen LogP contribution is 2.45. The van der Waals surface area contributed by atoms with E-state index in [1.54, 1.807) is 0 Å². The molecule has 3 aliphatic rings. The highest BCUT2D eigenvalue weighted by atomic mass is 16.2. The van der Waals surface area contributed by atoms with Gasteiger partial charge in [0.1, 0.15) is 6.04 Å². The fourth-order valence-electron chi connectivity index (χ4n) is 5.86. The zero-order chi connectivity index (χ0) is 26.2. The first-order valence-corrected chi connectivity index (χ1v) is 13.5. The zero-order valence-electron chi connectivity index (χ0n) is 21.9. The van der Waals surface area contributed by atoms with E-state index in [1.807, 2.05) is 78.2 Å². The van der Waals surface area contributed by atoms with Crippen molar-refractivity contribution in [3.63, 3.8) is 0 Å². The number of hydrogen-bond donors (Lipinski definition) is 2. The third-order valence-electron chi connectivity index (χ3n) is 8.63. The van der Waals surface area contributed by atoms with Gasteiger partial charge in [-0.3, -0.25) is 14.4 Å². The van der Waals surface area contributed by atoms with Crippen LogP contribution in [0.3, 0.4) is 0 Å². The predicted molar refractivity (Wildman–Crippen MR) is 144 cm³/mol. The summed E-state index contributed by atoms with van der Waals surface area (Å²) in [6.45, 7) is 5.42. The first-order chi connectivity index (χ1) is 17.8. The van der Waals surface area contributed by atoms with Gasteiger partial charge in [-0.05, 0) is 69.6 Å². The van der Waals surface area contributed by atoms with Crippen molar-refractivity contribution in [3.8, 4) is 0 Å². The monoisotopic (exact) mass is 502 g/mol. The SMILES string of the molecule is CC1(C)C(=O)N(C2CCN(C(=O)C(CCc3ccccc3)NC(=O)C3(CN)CC3)CC2)c2ccccc21. The lowest BCUT2D eigenvalue weighted by molar-refractivity contribution is -0.138. The molecule has 2 fully saturated rings. The smallest absolute Gasteiger partial charge is 0.245 e. The predicted octanol–water partition coefficient (Wildman–Crippen LogP) is 3.16. The van der Waals surface area contributed by atoms with E-state index >= 15 is 0 Å². The van der Waals surface area contributed by atoms with Gasteiger partial charge in [-0.1, -0.05) is 48.5 Å². The van der Waals surface area contributed by atoms with Gasteiger partial charge in [0, 0.05) is 31.4 Å². The minimum absolute atomic E-state index is 0.0379. The maximum absolute atomic E-state index is 13.7. The van der Waals surface area contributed by atoms with Crippen molar-refractivity contribution in [1.29, 1.82) is 0 Å². The standard InChI is InChI=1S/C30H38N4O3/c1-29(2)23-10-6-7-11-25(23)34(28(29)37)22-14-18-33(19-15-22)26(35)24(13-12-21-8-4-3-5-9-21)32-27(36)30(20-31)16-17-30/h3-11,22,24H,12-20,31H2,1-2H3,(H,32,36). The Morgan fingerprint density at radius 2 is 1.68 bits per heavy atom. The number of carbonyl (C=O) groups excluding carboxylic acids is 3. The van der Waals surface area contributed by atoms with Gasteiger partial charge >= 0.3 is 0 Å². The first kappa shape index (κ1) is 25.5. The number of fused-ring (bicyclic) bond motifs is 1. The summed E-state index contributed by atoms with van der Waals surface area (Å²) in [6, 6.07) is 17.6. The molecular weight excluding hydrogens is 464 g/mol. The summed E-state index contributed by atoms with van der Waals surface area (Å²) in [4.78, 5) is 43.9. The van der Waals surface area contributed by atoms with Crippen LogP contribution in [0, 0.1) is 5.41 Å². The number of anilines is 1. The molecular formula is C30H38N4O3. The topological polar surface area (TPSA) is 95.7 Å². The van der Waals surface area contributed by atoms with Crippen LogP contribution in [0.1, 0.15) is 57.1 Å². The molecule has 0 bridgehead atoms. The molecule has 7 nitrogen and oxygen atoms in total. The molecule has 2 aliphatic heterocycles. The number of rotatable bonds is 8. The molecule has 3 N–H and O–H groups in total. The summed E-state index contributed by atoms with van der Waals surface area (Å²) in [5.41, 5.74) is 8.03. The number of para-hydroxylation sites is 1. The van der Waals surface area contributed by atoms with Gasteiger partial charge in [-0.2, -0.15) is 0 Å². The minimum atomic E-state index is -0.582. The summed E-state index contributed by atoms with van der Waals surface area (Å²) < 4.78 is 0. The Bertz CT molecular complexity index is 1170. The Morgan fingerprint density at radius 1 is 1.03 bits per heavy atom. The van der Waals surface area contributed by atoms with Crippen LogP contribution < -0.4 is 16.0 Å². The lowest BCUT2D eigenvalue weighted by atomic mass is 9.86. The average molecular weight is 503 g/mol. The number of carbonyl (C=O) groups is 3. The normalized spacial score (nSPS) is 20.9. The number of hydrogen-bond acceptors (Lipinski definition) is 4. The van der Waals surface area contributed by atoms with Gasteiger partial charge in [0.2, 0.25) is 17.7 Å². The summed E-state index contributed by atoms with van der Waals surface area (Å²) in [5.74, 6) is -0.00942. The molecule has 0 aromatic heterocycles. The second-order valence-corrected chi connectivity index (χ2v) is 11.4. The quantitative estimate of drug-likeness (QED) is 0.580. The molecule has 1 aliphatic carbocycles. The van der Waals surface area contributed by atoms with Crippen molar-refractivity contribution >= 4 is 23.4 Å². The van der Waals surface area contributed by atoms with E-state index in [4.69, 9.17) is 5.73 Å². The lowest BCUT2D eigenvalue weighted by Crippen LogP contribution is -2.55. The number of nitrogens with one attached hydrogen (secondary N) is 1. The Balaban J connectivity index is 1.26. The molecule has 5 rings (SSSR count). The van der Waals surface area contributed by atoms with Crippen molar-refractivity contribution in [2.24, 2.45) is 11.1 Å². The Kier molecular flexibility index (Phi) is 6.84. The summed E-state index contributed by atoms with van der Waals surface area (Å²) in [6.07, 6.45) is 4.24. The molecule has 2 aromatic rings. The molecule has 196 valence electrons. The van der Waals surface area contributed by atoms with Gasteiger partial charge in [0.15, 0.2) is 0 Å². The Hall–Kier alpha value is -3.19. The van der Waals surface area contributed by atoms with Crippen molar-refractivity contribution in [2.45, 2.75) is 69.9 Å². The second-order valence-electron chi connectivity index (χ2n) is 11.4. The Labute approximate surface area is 219 Å². The molecule has 2 aromatic carbocycles. The Morgan fingerprint density at radius 3 is 2.32 bits per heavy atom. The average Bonchev–Trinajstić information content (AvgIpc) is 3.70. The number of nitrogens with zero attached hydrogens (tertiary/aromatic N) is 2. The maximum Gasteiger partial charge on any atom is 0.245 e.